The fraction of sp³-hybridized carbons (Fsp3) is 0.700. The smallest absolute Gasteiger partial charge is 0.337 e. The minimum absolute atomic E-state index is 0.0645. The number of β-amino-alcohol motifs (C(OH)–C–C–N with tert-alkyl or cyclic N) is 1. The second-order valence-corrected chi connectivity index (χ2v) is 4.24. The van der Waals surface area contributed by atoms with Gasteiger partial charge in [-0.1, -0.05) is 0 Å². The van der Waals surface area contributed by atoms with Crippen LogP contribution in [0.4, 0.5) is 0 Å². The summed E-state index contributed by atoms with van der Waals surface area (Å²) < 4.78 is 0. The lowest BCUT2D eigenvalue weighted by molar-refractivity contribution is -0.164. The maximum absolute atomic E-state index is 11.6. The molecule has 0 radical (unpaired) electrons. The monoisotopic (exact) mass is 244 g/mol. The second kappa shape index (κ2) is 4.70. The third-order valence-electron chi connectivity index (χ3n) is 2.70. The van der Waals surface area contributed by atoms with Crippen molar-refractivity contribution in [3.63, 3.8) is 0 Å². The quantitative estimate of drug-likeness (QED) is 0.628. The highest BCUT2D eigenvalue weighted by Crippen LogP contribution is 2.11. The summed E-state index contributed by atoms with van der Waals surface area (Å²) in [5, 5.41) is 18.3. The van der Waals surface area contributed by atoms with E-state index in [2.05, 4.69) is 0 Å². The summed E-state index contributed by atoms with van der Waals surface area (Å²) in [6.45, 7) is 2.66. The molecule has 1 atom stereocenters. The number of carbonyl (C=O) groups is 3. The maximum atomic E-state index is 11.6. The standard InChI is InChI=1S/C10H16N2O5/c1-3-11-4-8(14)12(5-7(11)13)6-10(2,17)9(15)16/h17H,3-6H2,1-2H3,(H,15,16). The SMILES string of the molecule is CCN1CC(=O)N(CC(C)(O)C(=O)O)CC1=O. The predicted octanol–water partition coefficient (Wildman–Crippen LogP) is -1.49. The molecular weight excluding hydrogens is 228 g/mol. The van der Waals surface area contributed by atoms with Crippen LogP contribution in [-0.2, 0) is 14.4 Å². The Labute approximate surface area is 98.6 Å². The number of aliphatic carboxylic acids is 1. The van der Waals surface area contributed by atoms with Gasteiger partial charge in [-0.25, -0.2) is 4.79 Å². The van der Waals surface area contributed by atoms with Crippen molar-refractivity contribution in [2.45, 2.75) is 19.4 Å². The molecule has 0 aliphatic carbocycles. The number of carboxylic acid groups (broad SMARTS) is 1. The van der Waals surface area contributed by atoms with Gasteiger partial charge in [0, 0.05) is 6.54 Å². The van der Waals surface area contributed by atoms with Gasteiger partial charge >= 0.3 is 5.97 Å². The molecule has 17 heavy (non-hydrogen) atoms. The molecule has 2 N–H and O–H groups in total. The fourth-order valence-corrected chi connectivity index (χ4v) is 1.57. The van der Waals surface area contributed by atoms with Crippen LogP contribution in [-0.4, -0.2) is 69.6 Å². The normalized spacial score (nSPS) is 20.4. The van der Waals surface area contributed by atoms with Gasteiger partial charge in [-0.05, 0) is 13.8 Å². The highest BCUT2D eigenvalue weighted by atomic mass is 16.4. The van der Waals surface area contributed by atoms with Crippen molar-refractivity contribution >= 4 is 17.8 Å². The maximum Gasteiger partial charge on any atom is 0.337 e. The van der Waals surface area contributed by atoms with Gasteiger partial charge in [0.15, 0.2) is 5.60 Å². The van der Waals surface area contributed by atoms with Gasteiger partial charge in [0.2, 0.25) is 11.8 Å². The fourth-order valence-electron chi connectivity index (χ4n) is 1.57. The van der Waals surface area contributed by atoms with Crippen LogP contribution >= 0.6 is 0 Å². The minimum atomic E-state index is -2.04. The van der Waals surface area contributed by atoms with Crippen LogP contribution in [0.15, 0.2) is 0 Å². The van der Waals surface area contributed by atoms with Gasteiger partial charge in [-0.3, -0.25) is 9.59 Å². The number of likely N-dealkylation sites (N-methyl/N-ethyl adjacent to an activating group) is 1. The molecule has 0 spiro atoms. The first-order chi connectivity index (χ1) is 7.77. The van der Waals surface area contributed by atoms with E-state index in [-0.39, 0.29) is 31.4 Å². The van der Waals surface area contributed by atoms with E-state index >= 15 is 0 Å². The number of amides is 2. The summed E-state index contributed by atoms with van der Waals surface area (Å²) in [6.07, 6.45) is 0. The summed E-state index contributed by atoms with van der Waals surface area (Å²) in [7, 11) is 0. The number of hydrogen-bond acceptors (Lipinski definition) is 4. The van der Waals surface area contributed by atoms with Crippen LogP contribution < -0.4 is 0 Å². The average Bonchev–Trinajstić information content (AvgIpc) is 2.22. The molecule has 96 valence electrons. The second-order valence-electron chi connectivity index (χ2n) is 4.24. The first kappa shape index (κ1) is 13.4. The molecule has 1 fully saturated rings. The van der Waals surface area contributed by atoms with Crippen molar-refractivity contribution in [2.75, 3.05) is 26.2 Å². The zero-order valence-electron chi connectivity index (χ0n) is 9.84. The van der Waals surface area contributed by atoms with E-state index < -0.39 is 11.6 Å². The molecule has 1 unspecified atom stereocenters. The molecule has 0 bridgehead atoms. The van der Waals surface area contributed by atoms with Crippen LogP contribution in [0, 0.1) is 0 Å². The summed E-state index contributed by atoms with van der Waals surface area (Å²) in [6, 6.07) is 0. The molecule has 1 aliphatic rings. The van der Waals surface area contributed by atoms with Crippen LogP contribution in [0.1, 0.15) is 13.8 Å². The molecule has 1 heterocycles. The first-order valence-electron chi connectivity index (χ1n) is 5.29. The van der Waals surface area contributed by atoms with E-state index in [1.807, 2.05) is 0 Å². The van der Waals surface area contributed by atoms with E-state index in [1.54, 1.807) is 6.92 Å². The number of rotatable bonds is 4. The van der Waals surface area contributed by atoms with Crippen molar-refractivity contribution in [1.82, 2.24) is 9.80 Å². The molecule has 2 amide bonds. The van der Waals surface area contributed by atoms with E-state index in [0.29, 0.717) is 6.54 Å². The van der Waals surface area contributed by atoms with Crippen LogP contribution in [0.5, 0.6) is 0 Å². The number of hydrogen-bond donors (Lipinski definition) is 2. The summed E-state index contributed by atoms with van der Waals surface area (Å²) in [4.78, 5) is 36.4. The molecule has 0 saturated carbocycles. The molecule has 1 rings (SSSR count). The Morgan fingerprint density at radius 2 is 1.76 bits per heavy atom. The average molecular weight is 244 g/mol. The summed E-state index contributed by atoms with van der Waals surface area (Å²) in [5.41, 5.74) is -2.04. The molecule has 0 aromatic rings. The number of aliphatic hydroxyl groups is 1. The number of piperazine rings is 1. The Kier molecular flexibility index (Phi) is 3.72. The van der Waals surface area contributed by atoms with Gasteiger partial charge < -0.3 is 20.0 Å². The van der Waals surface area contributed by atoms with E-state index in [1.165, 1.54) is 4.90 Å². The minimum Gasteiger partial charge on any atom is -0.479 e. The lowest BCUT2D eigenvalue weighted by Gasteiger charge is -2.35. The molecule has 0 aromatic heterocycles. The predicted molar refractivity (Wildman–Crippen MR) is 57.1 cm³/mol. The van der Waals surface area contributed by atoms with Gasteiger partial charge in [-0.2, -0.15) is 0 Å². The Morgan fingerprint density at radius 1 is 1.29 bits per heavy atom. The van der Waals surface area contributed by atoms with E-state index in [0.717, 1.165) is 11.8 Å². The lowest BCUT2D eigenvalue weighted by Crippen LogP contribution is -2.58. The topological polar surface area (TPSA) is 98.2 Å². The van der Waals surface area contributed by atoms with E-state index in [4.69, 9.17) is 5.11 Å². The van der Waals surface area contributed by atoms with Crippen molar-refractivity contribution in [2.24, 2.45) is 0 Å². The number of carboxylic acids is 1. The zero-order valence-corrected chi connectivity index (χ0v) is 9.84. The molecule has 7 heteroatoms. The molecule has 1 aliphatic heterocycles. The van der Waals surface area contributed by atoms with Gasteiger partial charge in [-0.15, -0.1) is 0 Å². The highest BCUT2D eigenvalue weighted by molar-refractivity contribution is 5.93. The zero-order chi connectivity index (χ0) is 13.2. The van der Waals surface area contributed by atoms with Crippen molar-refractivity contribution in [1.29, 1.82) is 0 Å². The first-order valence-corrected chi connectivity index (χ1v) is 5.29. The van der Waals surface area contributed by atoms with E-state index in [9.17, 15) is 19.5 Å². The lowest BCUT2D eigenvalue weighted by atomic mass is 10.1. The Morgan fingerprint density at radius 3 is 2.24 bits per heavy atom. The third-order valence-corrected chi connectivity index (χ3v) is 2.70. The van der Waals surface area contributed by atoms with Crippen molar-refractivity contribution in [3.05, 3.63) is 0 Å². The van der Waals surface area contributed by atoms with Crippen LogP contribution in [0.3, 0.4) is 0 Å². The molecular formula is C10H16N2O5. The van der Waals surface area contributed by atoms with Gasteiger partial charge in [0.1, 0.15) is 0 Å². The third kappa shape index (κ3) is 2.94. The molecule has 7 nitrogen and oxygen atoms in total. The van der Waals surface area contributed by atoms with Crippen molar-refractivity contribution < 1.29 is 24.6 Å². The summed E-state index contributed by atoms with van der Waals surface area (Å²) >= 11 is 0. The number of nitrogens with zero attached hydrogens (tertiary/aromatic N) is 2. The van der Waals surface area contributed by atoms with Gasteiger partial charge in [0.05, 0.1) is 19.6 Å². The van der Waals surface area contributed by atoms with Crippen LogP contribution in [0.25, 0.3) is 0 Å². The Hall–Kier alpha value is -1.63. The Bertz CT molecular complexity index is 353. The highest BCUT2D eigenvalue weighted by Gasteiger charge is 2.37. The van der Waals surface area contributed by atoms with Crippen LogP contribution in [0.2, 0.25) is 0 Å². The largest absolute Gasteiger partial charge is 0.479 e. The van der Waals surface area contributed by atoms with Gasteiger partial charge in [0.25, 0.3) is 0 Å². The number of carbonyl (C=O) groups excluding carboxylic acids is 2. The molecule has 1 saturated heterocycles. The Balaban J connectivity index is 2.71. The summed E-state index contributed by atoms with van der Waals surface area (Å²) in [5.74, 6) is -2.02. The van der Waals surface area contributed by atoms with Crippen molar-refractivity contribution in [3.8, 4) is 0 Å². The molecule has 0 aromatic carbocycles.